The lowest BCUT2D eigenvalue weighted by molar-refractivity contribution is -0.0601. The van der Waals surface area contributed by atoms with Gasteiger partial charge in [0.15, 0.2) is 6.23 Å². The zero-order valence-electron chi connectivity index (χ0n) is 20.6. The van der Waals surface area contributed by atoms with Crippen molar-refractivity contribution >= 4 is 39.7 Å². The van der Waals surface area contributed by atoms with Crippen molar-refractivity contribution in [2.45, 2.75) is 102 Å². The van der Waals surface area contributed by atoms with Crippen LogP contribution in [0.2, 0.25) is 22.2 Å². The number of rotatable bonds is 5. The van der Waals surface area contributed by atoms with E-state index < -0.39 is 52.9 Å². The third-order valence-electron chi connectivity index (χ3n) is 6.84. The minimum absolute atomic E-state index is 0.104. The Kier molecular flexibility index (Phi) is 8.21. The summed E-state index contributed by atoms with van der Waals surface area (Å²) in [6.07, 6.45) is -2.01. The summed E-state index contributed by atoms with van der Waals surface area (Å²) in [5.74, 6) is 0. The fourth-order valence-electron chi connectivity index (χ4n) is 5.02. The molecule has 0 spiro atoms. The first-order valence-corrected chi connectivity index (χ1v) is 16.6. The van der Waals surface area contributed by atoms with E-state index in [1.165, 1.54) is 10.8 Å². The third kappa shape index (κ3) is 4.73. The van der Waals surface area contributed by atoms with Crippen LogP contribution < -0.4 is 11.2 Å². The highest BCUT2D eigenvalue weighted by Gasteiger charge is 2.61. The molecule has 3 heterocycles. The molecule has 0 radical (unpaired) electrons. The molecule has 0 amide bonds. The number of ether oxygens (including phenoxy) is 1. The Morgan fingerprint density at radius 2 is 1.58 bits per heavy atom. The van der Waals surface area contributed by atoms with Crippen LogP contribution in [0.1, 0.15) is 61.6 Å². The van der Waals surface area contributed by atoms with Gasteiger partial charge in [0.25, 0.3) is 5.56 Å². The van der Waals surface area contributed by atoms with E-state index >= 15 is 0 Å². The van der Waals surface area contributed by atoms with E-state index in [0.29, 0.717) is 3.57 Å². The number of halogens is 1. The molecule has 2 saturated heterocycles. The third-order valence-corrected chi connectivity index (χ3v) is 17.9. The van der Waals surface area contributed by atoms with Crippen molar-refractivity contribution in [2.24, 2.45) is 0 Å². The summed E-state index contributed by atoms with van der Waals surface area (Å²) < 4.78 is 28.4. The van der Waals surface area contributed by atoms with Gasteiger partial charge in [0.1, 0.15) is 18.3 Å². The van der Waals surface area contributed by atoms with Crippen LogP contribution >= 0.6 is 22.6 Å². The second-order valence-electron chi connectivity index (χ2n) is 10.3. The molecule has 0 saturated carbocycles. The van der Waals surface area contributed by atoms with E-state index in [1.54, 1.807) is 0 Å². The molecule has 0 unspecified atom stereocenters. The number of nitrogens with one attached hydrogen (secondary N) is 1. The second kappa shape index (κ2) is 9.95. The molecular formula is C21H37IN2O7Si2. The van der Waals surface area contributed by atoms with Gasteiger partial charge >= 0.3 is 22.8 Å². The van der Waals surface area contributed by atoms with E-state index in [1.807, 2.05) is 22.6 Å². The number of H-pyrrole nitrogens is 1. The van der Waals surface area contributed by atoms with Crippen molar-refractivity contribution in [1.29, 1.82) is 0 Å². The van der Waals surface area contributed by atoms with E-state index in [2.05, 4.69) is 60.4 Å². The van der Waals surface area contributed by atoms with Gasteiger partial charge in [-0.15, -0.1) is 0 Å². The average molecular weight is 613 g/mol. The smallest absolute Gasteiger partial charge is 0.335 e. The molecule has 1 aromatic rings. The first-order valence-electron chi connectivity index (χ1n) is 11.6. The lowest BCUT2D eigenvalue weighted by Crippen LogP contribution is -2.65. The summed E-state index contributed by atoms with van der Waals surface area (Å²) in [4.78, 5) is 26.6. The van der Waals surface area contributed by atoms with Crippen LogP contribution in [0.15, 0.2) is 15.8 Å². The van der Waals surface area contributed by atoms with Gasteiger partial charge in [-0.1, -0.05) is 55.4 Å². The number of hydrogen-bond donors (Lipinski definition) is 2. The fourth-order valence-corrected chi connectivity index (χ4v) is 16.7. The molecule has 0 aromatic carbocycles. The molecule has 0 bridgehead atoms. The maximum absolute atomic E-state index is 12.5. The highest BCUT2D eigenvalue weighted by atomic mass is 127. The summed E-state index contributed by atoms with van der Waals surface area (Å²) in [5.41, 5.74) is -0.529. The van der Waals surface area contributed by atoms with Gasteiger partial charge in [-0.05, 0) is 44.8 Å². The van der Waals surface area contributed by atoms with Crippen molar-refractivity contribution in [3.8, 4) is 0 Å². The maximum atomic E-state index is 12.5. The van der Waals surface area contributed by atoms with Crippen LogP contribution in [0.25, 0.3) is 0 Å². The summed E-state index contributed by atoms with van der Waals surface area (Å²) in [7, 11) is -5.66. The molecule has 188 valence electrons. The highest BCUT2D eigenvalue weighted by molar-refractivity contribution is 14.1. The number of aliphatic hydroxyl groups is 1. The van der Waals surface area contributed by atoms with E-state index in [4.69, 9.17) is 17.7 Å². The standard InChI is InChI=1S/C21H37IN2O7Si2/c1-11(2)32(12(3)4)28-10-16-18(30-33(31-32,13(5)6)14(7)8)17(25)20(29-16)24-9-15(22)19(26)23-21(24)27/h9,11-14,16-18,20,25H,10H2,1-8H3,(H,23,26,27)/t16-,17-,18-,20-/m1/s1. The molecule has 3 rings (SSSR count). The van der Waals surface area contributed by atoms with Gasteiger partial charge in [0.05, 0.1) is 10.2 Å². The lowest BCUT2D eigenvalue weighted by atomic mass is 10.1. The largest absolute Gasteiger partial charge is 0.414 e. The predicted molar refractivity (Wildman–Crippen MR) is 138 cm³/mol. The molecule has 9 nitrogen and oxygen atoms in total. The summed E-state index contributed by atoms with van der Waals surface area (Å²) in [6, 6.07) is 0. The van der Waals surface area contributed by atoms with E-state index in [-0.39, 0.29) is 28.8 Å². The number of fused-ring (bicyclic) bond motifs is 1. The Morgan fingerprint density at radius 3 is 2.09 bits per heavy atom. The van der Waals surface area contributed by atoms with Gasteiger partial charge < -0.3 is 22.8 Å². The summed E-state index contributed by atoms with van der Waals surface area (Å²) in [5, 5.41) is 11.3. The zero-order chi connectivity index (χ0) is 24.9. The minimum Gasteiger partial charge on any atom is -0.414 e. The molecule has 33 heavy (non-hydrogen) atoms. The van der Waals surface area contributed by atoms with Crippen molar-refractivity contribution in [1.82, 2.24) is 9.55 Å². The molecular weight excluding hydrogens is 575 g/mol. The fraction of sp³-hybridized carbons (Fsp3) is 0.810. The molecule has 2 fully saturated rings. The van der Waals surface area contributed by atoms with Gasteiger partial charge in [-0.2, -0.15) is 0 Å². The molecule has 0 aliphatic carbocycles. The first kappa shape index (κ1) is 27.2. The minimum atomic E-state index is -2.92. The molecule has 2 aliphatic heterocycles. The Balaban J connectivity index is 2.10. The number of nitrogens with zero attached hydrogens (tertiary/aromatic N) is 1. The van der Waals surface area contributed by atoms with Crippen LogP contribution in [0.3, 0.4) is 0 Å². The topological polar surface area (TPSA) is 112 Å². The molecule has 4 atom stereocenters. The number of aliphatic hydroxyl groups excluding tert-OH is 1. The van der Waals surface area contributed by atoms with Crippen molar-refractivity contribution in [2.75, 3.05) is 6.61 Å². The van der Waals surface area contributed by atoms with Gasteiger partial charge in [-0.3, -0.25) is 14.3 Å². The molecule has 2 N–H and O–H groups in total. The Bertz CT molecular complexity index is 949. The van der Waals surface area contributed by atoms with Gasteiger partial charge in [0, 0.05) is 6.20 Å². The SMILES string of the molecule is CC(C)[Si]1(C(C)C)OC[C@H]2O[C@@H](n3cc(I)c(=O)[nH]c3=O)[C@H](O)[C@@H]2O[Si](C(C)C)(C(C)C)O1. The Morgan fingerprint density at radius 1 is 1.03 bits per heavy atom. The molecule has 1 aromatic heterocycles. The maximum Gasteiger partial charge on any atom is 0.335 e. The Labute approximate surface area is 210 Å². The van der Waals surface area contributed by atoms with Crippen LogP contribution in [0.4, 0.5) is 0 Å². The summed E-state index contributed by atoms with van der Waals surface area (Å²) in [6.45, 7) is 17.2. The zero-order valence-corrected chi connectivity index (χ0v) is 24.8. The highest BCUT2D eigenvalue weighted by Crippen LogP contribution is 2.48. The van der Waals surface area contributed by atoms with E-state index in [0.717, 1.165) is 0 Å². The van der Waals surface area contributed by atoms with E-state index in [9.17, 15) is 14.7 Å². The van der Waals surface area contributed by atoms with Gasteiger partial charge in [-0.25, -0.2) is 4.79 Å². The van der Waals surface area contributed by atoms with Crippen LogP contribution in [-0.4, -0.2) is 56.7 Å². The van der Waals surface area contributed by atoms with Crippen LogP contribution in [0, 0.1) is 3.57 Å². The second-order valence-corrected chi connectivity index (χ2v) is 20.3. The molecule has 12 heteroatoms. The average Bonchev–Trinajstić information content (AvgIpc) is 2.98. The number of aromatic nitrogens is 2. The Hall–Kier alpha value is -0.356. The monoisotopic (exact) mass is 612 g/mol. The lowest BCUT2D eigenvalue weighted by Gasteiger charge is -2.51. The number of hydrogen-bond acceptors (Lipinski definition) is 7. The first-order chi connectivity index (χ1) is 15.3. The molecule has 2 aliphatic rings. The number of aromatic amines is 1. The van der Waals surface area contributed by atoms with Crippen LogP contribution in [-0.2, 0) is 17.7 Å². The van der Waals surface area contributed by atoms with Crippen LogP contribution in [0.5, 0.6) is 0 Å². The van der Waals surface area contributed by atoms with Crippen molar-refractivity contribution < 1.29 is 22.8 Å². The summed E-state index contributed by atoms with van der Waals surface area (Å²) >= 11 is 1.85. The van der Waals surface area contributed by atoms with Gasteiger partial charge in [0.2, 0.25) is 0 Å². The predicted octanol–water partition coefficient (Wildman–Crippen LogP) is 3.36. The quantitative estimate of drug-likeness (QED) is 0.388. The normalized spacial score (nSPS) is 29.5. The van der Waals surface area contributed by atoms with Crippen molar-refractivity contribution in [3.05, 3.63) is 30.6 Å². The van der Waals surface area contributed by atoms with Crippen molar-refractivity contribution in [3.63, 3.8) is 0 Å².